The van der Waals surface area contributed by atoms with Gasteiger partial charge in [0.1, 0.15) is 6.61 Å². The van der Waals surface area contributed by atoms with Crippen molar-refractivity contribution in [3.63, 3.8) is 0 Å². The monoisotopic (exact) mass is 400 g/mol. The second-order valence-corrected chi connectivity index (χ2v) is 6.10. The van der Waals surface area contributed by atoms with Crippen LogP contribution in [0, 0.1) is 0 Å². The summed E-state index contributed by atoms with van der Waals surface area (Å²) in [6.45, 7) is 0.356. The number of rotatable bonds is 7. The van der Waals surface area contributed by atoms with Gasteiger partial charge in [-0.05, 0) is 41.5 Å². The number of anilines is 1. The van der Waals surface area contributed by atoms with Crippen LogP contribution in [0.2, 0.25) is 0 Å². The Hall–Kier alpha value is -3.48. The third kappa shape index (κ3) is 5.51. The predicted molar refractivity (Wildman–Crippen MR) is 106 cm³/mol. The molecule has 0 atom stereocenters. The van der Waals surface area contributed by atoms with Gasteiger partial charge in [0.2, 0.25) is 0 Å². The molecule has 0 aromatic heterocycles. The van der Waals surface area contributed by atoms with Crippen LogP contribution < -0.4 is 14.9 Å². The number of nitrogens with zero attached hydrogens (tertiary/aromatic N) is 1. The molecule has 0 saturated carbocycles. The van der Waals surface area contributed by atoms with Crippen molar-refractivity contribution >= 4 is 11.9 Å². The Morgan fingerprint density at radius 3 is 2.38 bits per heavy atom. The predicted octanol–water partition coefficient (Wildman–Crippen LogP) is 5.74. The van der Waals surface area contributed by atoms with E-state index >= 15 is 0 Å². The van der Waals surface area contributed by atoms with Gasteiger partial charge in [0.05, 0.1) is 24.6 Å². The van der Waals surface area contributed by atoms with E-state index in [4.69, 9.17) is 9.47 Å². The van der Waals surface area contributed by atoms with Gasteiger partial charge in [-0.2, -0.15) is 18.3 Å². The van der Waals surface area contributed by atoms with Gasteiger partial charge in [-0.25, -0.2) is 0 Å². The Labute approximate surface area is 166 Å². The lowest BCUT2D eigenvalue weighted by molar-refractivity contribution is -0.136. The number of hydrogen-bond acceptors (Lipinski definition) is 4. The molecule has 29 heavy (non-hydrogen) atoms. The molecule has 0 spiro atoms. The summed E-state index contributed by atoms with van der Waals surface area (Å²) in [5.74, 6) is 1.06. The molecule has 4 nitrogen and oxygen atoms in total. The summed E-state index contributed by atoms with van der Waals surface area (Å²) in [6, 6.07) is 20.0. The first-order valence-electron chi connectivity index (χ1n) is 8.77. The van der Waals surface area contributed by atoms with Gasteiger partial charge in [-0.15, -0.1) is 0 Å². The fraction of sp³-hybridized carbons (Fsp3) is 0.136. The van der Waals surface area contributed by atoms with Gasteiger partial charge in [0, 0.05) is 0 Å². The highest BCUT2D eigenvalue weighted by Gasteiger charge is 2.33. The highest BCUT2D eigenvalue weighted by atomic mass is 19.4. The molecule has 0 bridgehead atoms. The van der Waals surface area contributed by atoms with Crippen LogP contribution in [0.25, 0.3) is 0 Å². The minimum atomic E-state index is -4.46. The molecule has 0 amide bonds. The SMILES string of the molecule is COc1ccc(/C=N\Nc2ccccc2C(F)(F)F)cc1OCc1ccccc1. The average Bonchev–Trinajstić information content (AvgIpc) is 2.73. The molecule has 3 aromatic rings. The minimum absolute atomic E-state index is 0.120. The van der Waals surface area contributed by atoms with Crippen LogP contribution >= 0.6 is 0 Å². The van der Waals surface area contributed by atoms with Crippen molar-refractivity contribution in [2.75, 3.05) is 12.5 Å². The number of methoxy groups -OCH3 is 1. The fourth-order valence-corrected chi connectivity index (χ4v) is 2.63. The third-order valence-corrected chi connectivity index (χ3v) is 4.06. The van der Waals surface area contributed by atoms with Crippen LogP contribution in [-0.4, -0.2) is 13.3 Å². The number of alkyl halides is 3. The quantitative estimate of drug-likeness (QED) is 0.406. The second-order valence-electron chi connectivity index (χ2n) is 6.10. The number of hydrazone groups is 1. The summed E-state index contributed by atoms with van der Waals surface area (Å²) in [6.07, 6.45) is -3.04. The Bertz CT molecular complexity index is 973. The Morgan fingerprint density at radius 2 is 1.66 bits per heavy atom. The minimum Gasteiger partial charge on any atom is -0.493 e. The highest BCUT2D eigenvalue weighted by molar-refractivity contribution is 5.81. The van der Waals surface area contributed by atoms with Crippen LogP contribution in [0.15, 0.2) is 77.9 Å². The first kappa shape index (κ1) is 20.3. The Kier molecular flexibility index (Phi) is 6.39. The number of hydrogen-bond donors (Lipinski definition) is 1. The van der Waals surface area contributed by atoms with Gasteiger partial charge in [0.25, 0.3) is 0 Å². The lowest BCUT2D eigenvalue weighted by atomic mass is 10.2. The van der Waals surface area contributed by atoms with Crippen LogP contribution in [0.1, 0.15) is 16.7 Å². The molecule has 150 valence electrons. The first-order chi connectivity index (χ1) is 14.0. The van der Waals surface area contributed by atoms with Gasteiger partial charge >= 0.3 is 6.18 Å². The van der Waals surface area contributed by atoms with Gasteiger partial charge < -0.3 is 9.47 Å². The van der Waals surface area contributed by atoms with Crippen molar-refractivity contribution in [3.05, 3.63) is 89.5 Å². The number of benzene rings is 3. The van der Waals surface area contributed by atoms with E-state index in [2.05, 4.69) is 10.5 Å². The van der Waals surface area contributed by atoms with Crippen LogP contribution in [0.3, 0.4) is 0 Å². The number of ether oxygens (including phenoxy) is 2. The lowest BCUT2D eigenvalue weighted by Crippen LogP contribution is -2.08. The van der Waals surface area contributed by atoms with Crippen molar-refractivity contribution in [1.82, 2.24) is 0 Å². The lowest BCUT2D eigenvalue weighted by Gasteiger charge is -2.12. The van der Waals surface area contributed by atoms with Crippen molar-refractivity contribution in [2.45, 2.75) is 12.8 Å². The number of para-hydroxylation sites is 1. The van der Waals surface area contributed by atoms with Crippen molar-refractivity contribution in [2.24, 2.45) is 5.10 Å². The summed E-state index contributed by atoms with van der Waals surface area (Å²) < 4.78 is 50.2. The van der Waals surface area contributed by atoms with Gasteiger partial charge in [0.15, 0.2) is 11.5 Å². The molecular formula is C22H19F3N2O2. The topological polar surface area (TPSA) is 42.8 Å². The van der Waals surface area contributed by atoms with E-state index in [1.165, 1.54) is 31.5 Å². The van der Waals surface area contributed by atoms with Crippen LogP contribution in [-0.2, 0) is 12.8 Å². The largest absolute Gasteiger partial charge is 0.493 e. The molecule has 0 heterocycles. The summed E-state index contributed by atoms with van der Waals surface area (Å²) >= 11 is 0. The molecule has 0 saturated heterocycles. The zero-order valence-corrected chi connectivity index (χ0v) is 15.6. The number of nitrogens with one attached hydrogen (secondary N) is 1. The Morgan fingerprint density at radius 1 is 0.931 bits per heavy atom. The van der Waals surface area contributed by atoms with E-state index in [1.54, 1.807) is 18.2 Å². The average molecular weight is 400 g/mol. The molecule has 0 aliphatic rings. The fourth-order valence-electron chi connectivity index (χ4n) is 2.63. The molecule has 0 aliphatic heterocycles. The standard InChI is InChI=1S/C22H19F3N2O2/c1-28-20-12-11-17(13-21(20)29-15-16-7-3-2-4-8-16)14-26-27-19-10-6-5-9-18(19)22(23,24)25/h2-14,27H,15H2,1H3/b26-14-. The third-order valence-electron chi connectivity index (χ3n) is 4.06. The molecule has 3 aromatic carbocycles. The Balaban J connectivity index is 1.73. The maximum atomic E-state index is 13.0. The molecule has 3 rings (SSSR count). The van der Waals surface area contributed by atoms with E-state index in [0.717, 1.165) is 11.6 Å². The molecular weight excluding hydrogens is 381 g/mol. The van der Waals surface area contributed by atoms with Gasteiger partial charge in [-0.3, -0.25) is 5.43 Å². The summed E-state index contributed by atoms with van der Waals surface area (Å²) in [5, 5.41) is 3.93. The van der Waals surface area contributed by atoms with Gasteiger partial charge in [-0.1, -0.05) is 42.5 Å². The molecule has 1 N–H and O–H groups in total. The second kappa shape index (κ2) is 9.14. The maximum absolute atomic E-state index is 13.0. The maximum Gasteiger partial charge on any atom is 0.418 e. The molecule has 0 fully saturated rings. The summed E-state index contributed by atoms with van der Waals surface area (Å²) in [7, 11) is 1.54. The zero-order chi connectivity index (χ0) is 20.7. The molecule has 0 unspecified atom stereocenters. The van der Waals surface area contributed by atoms with Crippen LogP contribution in [0.4, 0.5) is 18.9 Å². The molecule has 0 aliphatic carbocycles. The zero-order valence-electron chi connectivity index (χ0n) is 15.6. The van der Waals surface area contributed by atoms with E-state index in [0.29, 0.717) is 23.7 Å². The smallest absolute Gasteiger partial charge is 0.418 e. The van der Waals surface area contributed by atoms with Crippen molar-refractivity contribution in [3.8, 4) is 11.5 Å². The van der Waals surface area contributed by atoms with E-state index < -0.39 is 11.7 Å². The van der Waals surface area contributed by atoms with E-state index in [1.807, 2.05) is 30.3 Å². The van der Waals surface area contributed by atoms with E-state index in [-0.39, 0.29) is 5.69 Å². The normalized spacial score (nSPS) is 11.4. The molecule has 7 heteroatoms. The molecule has 0 radical (unpaired) electrons. The number of halogens is 3. The summed E-state index contributed by atoms with van der Waals surface area (Å²) in [4.78, 5) is 0. The van der Waals surface area contributed by atoms with Crippen molar-refractivity contribution < 1.29 is 22.6 Å². The highest BCUT2D eigenvalue weighted by Crippen LogP contribution is 2.34. The first-order valence-corrected chi connectivity index (χ1v) is 8.77. The van der Waals surface area contributed by atoms with Crippen LogP contribution in [0.5, 0.6) is 11.5 Å². The summed E-state index contributed by atoms with van der Waals surface area (Å²) in [5.41, 5.74) is 3.20. The van der Waals surface area contributed by atoms with Crippen molar-refractivity contribution in [1.29, 1.82) is 0 Å². The van der Waals surface area contributed by atoms with E-state index in [9.17, 15) is 13.2 Å².